The Morgan fingerprint density at radius 3 is 2.25 bits per heavy atom. The van der Waals surface area contributed by atoms with Gasteiger partial charge in [0.1, 0.15) is 0 Å². The Morgan fingerprint density at radius 1 is 1.00 bits per heavy atom. The maximum Gasteiger partial charge on any atom is 0.309 e. The zero-order valence-electron chi connectivity index (χ0n) is 18.1. The standard InChI is InChI=1S/C23H25F2NO5S/c1-14-4-5-18(12-15(14)2)22(27)16(3)31-23(28)17-8-10-26(11-9-17)32(29,30)19-6-7-20(24)21(25)13-19/h4-7,12-13,16-17H,8-11H2,1-3H3. The number of esters is 1. The van der Waals surface area contributed by atoms with E-state index in [1.165, 1.54) is 6.92 Å². The summed E-state index contributed by atoms with van der Waals surface area (Å²) in [7, 11) is -4.01. The summed E-state index contributed by atoms with van der Waals surface area (Å²) in [5.74, 6) is -3.79. The molecule has 172 valence electrons. The van der Waals surface area contributed by atoms with Crippen LogP contribution in [0.4, 0.5) is 8.78 Å². The van der Waals surface area contributed by atoms with E-state index in [0.717, 1.165) is 27.6 Å². The number of hydrogen-bond acceptors (Lipinski definition) is 5. The van der Waals surface area contributed by atoms with Gasteiger partial charge in [-0.3, -0.25) is 9.59 Å². The van der Waals surface area contributed by atoms with E-state index < -0.39 is 39.6 Å². The third-order valence-corrected chi connectivity index (χ3v) is 7.66. The summed E-state index contributed by atoms with van der Waals surface area (Å²) >= 11 is 0. The van der Waals surface area contributed by atoms with Crippen LogP contribution in [0.2, 0.25) is 0 Å². The second kappa shape index (κ2) is 9.46. The fourth-order valence-electron chi connectivity index (χ4n) is 3.57. The van der Waals surface area contributed by atoms with Gasteiger partial charge >= 0.3 is 5.97 Å². The van der Waals surface area contributed by atoms with Gasteiger partial charge in [0, 0.05) is 18.7 Å². The zero-order valence-corrected chi connectivity index (χ0v) is 18.9. The van der Waals surface area contributed by atoms with Gasteiger partial charge in [0.25, 0.3) is 0 Å². The number of piperidine rings is 1. The molecule has 1 fully saturated rings. The summed E-state index contributed by atoms with van der Waals surface area (Å²) in [6.07, 6.45) is -0.563. The van der Waals surface area contributed by atoms with Crippen molar-refractivity contribution >= 4 is 21.8 Å². The molecule has 0 aromatic heterocycles. The molecular weight excluding hydrogens is 440 g/mol. The normalized spacial score (nSPS) is 16.5. The molecule has 0 amide bonds. The Labute approximate surface area is 186 Å². The number of benzene rings is 2. The van der Waals surface area contributed by atoms with Crippen molar-refractivity contribution in [2.45, 2.75) is 44.6 Å². The van der Waals surface area contributed by atoms with Crippen molar-refractivity contribution in [2.24, 2.45) is 5.92 Å². The highest BCUT2D eigenvalue weighted by Gasteiger charge is 2.34. The monoisotopic (exact) mass is 465 g/mol. The second-order valence-electron chi connectivity index (χ2n) is 8.00. The number of ketones is 1. The average Bonchev–Trinajstić information content (AvgIpc) is 2.76. The van der Waals surface area contributed by atoms with Crippen LogP contribution in [0.1, 0.15) is 41.3 Å². The summed E-state index contributed by atoms with van der Waals surface area (Å²) in [5, 5.41) is 0. The van der Waals surface area contributed by atoms with Gasteiger partial charge in [0.15, 0.2) is 17.7 Å². The van der Waals surface area contributed by atoms with Gasteiger partial charge in [0.05, 0.1) is 10.8 Å². The number of carbonyl (C=O) groups excluding carboxylic acids is 2. The number of Topliss-reactive ketones (excluding diaryl/α,β-unsaturated/α-hetero) is 1. The lowest BCUT2D eigenvalue weighted by Crippen LogP contribution is -2.41. The van der Waals surface area contributed by atoms with Crippen LogP contribution in [0.5, 0.6) is 0 Å². The zero-order chi connectivity index (χ0) is 23.6. The third kappa shape index (κ3) is 5.05. The maximum atomic E-state index is 13.4. The van der Waals surface area contributed by atoms with E-state index in [9.17, 15) is 26.8 Å². The highest BCUT2D eigenvalue weighted by molar-refractivity contribution is 7.89. The minimum Gasteiger partial charge on any atom is -0.454 e. The van der Waals surface area contributed by atoms with Crippen LogP contribution < -0.4 is 0 Å². The van der Waals surface area contributed by atoms with E-state index in [1.807, 2.05) is 19.9 Å². The van der Waals surface area contributed by atoms with E-state index in [2.05, 4.69) is 0 Å². The summed E-state index contributed by atoms with van der Waals surface area (Å²) in [6.45, 7) is 5.40. The molecule has 1 saturated heterocycles. The average molecular weight is 466 g/mol. The number of aryl methyl sites for hydroxylation is 2. The number of halogens is 2. The molecule has 0 aliphatic carbocycles. The van der Waals surface area contributed by atoms with Crippen LogP contribution in [-0.2, 0) is 19.6 Å². The van der Waals surface area contributed by atoms with Crippen molar-refractivity contribution in [2.75, 3.05) is 13.1 Å². The summed E-state index contributed by atoms with van der Waals surface area (Å²) < 4.78 is 58.4. The molecule has 1 aliphatic rings. The van der Waals surface area contributed by atoms with E-state index in [-0.39, 0.29) is 36.6 Å². The van der Waals surface area contributed by atoms with Crippen molar-refractivity contribution < 1.29 is 31.5 Å². The largest absolute Gasteiger partial charge is 0.454 e. The highest BCUT2D eigenvalue weighted by atomic mass is 32.2. The third-order valence-electron chi connectivity index (χ3n) is 5.77. The summed E-state index contributed by atoms with van der Waals surface area (Å²) in [4.78, 5) is 24.8. The fourth-order valence-corrected chi connectivity index (χ4v) is 5.05. The summed E-state index contributed by atoms with van der Waals surface area (Å²) in [6, 6.07) is 7.69. The van der Waals surface area contributed by atoms with Gasteiger partial charge < -0.3 is 4.74 Å². The first-order chi connectivity index (χ1) is 15.0. The van der Waals surface area contributed by atoms with Gasteiger partial charge in [-0.05, 0) is 69.0 Å². The minimum absolute atomic E-state index is 0.0284. The van der Waals surface area contributed by atoms with Crippen LogP contribution >= 0.6 is 0 Å². The first-order valence-corrected chi connectivity index (χ1v) is 11.7. The van der Waals surface area contributed by atoms with E-state index >= 15 is 0 Å². The topological polar surface area (TPSA) is 80.8 Å². The molecule has 1 aliphatic heterocycles. The second-order valence-corrected chi connectivity index (χ2v) is 9.93. The highest BCUT2D eigenvalue weighted by Crippen LogP contribution is 2.26. The molecule has 2 aromatic carbocycles. The van der Waals surface area contributed by atoms with Crippen LogP contribution in [0.3, 0.4) is 0 Å². The number of rotatable bonds is 6. The van der Waals surface area contributed by atoms with Crippen molar-refractivity contribution in [1.82, 2.24) is 4.31 Å². The number of carbonyl (C=O) groups is 2. The Kier molecular flexibility index (Phi) is 7.09. The Bertz CT molecular complexity index is 1140. The number of hydrogen-bond donors (Lipinski definition) is 0. The van der Waals surface area contributed by atoms with Crippen molar-refractivity contribution in [3.05, 3.63) is 64.7 Å². The molecule has 3 rings (SSSR count). The molecule has 1 unspecified atom stereocenters. The molecule has 9 heteroatoms. The van der Waals surface area contributed by atoms with Crippen LogP contribution in [0.15, 0.2) is 41.3 Å². The minimum atomic E-state index is -4.01. The Hall–Kier alpha value is -2.65. The molecule has 0 bridgehead atoms. The van der Waals surface area contributed by atoms with Gasteiger partial charge in [-0.1, -0.05) is 12.1 Å². The van der Waals surface area contributed by atoms with E-state index in [4.69, 9.17) is 4.74 Å². The van der Waals surface area contributed by atoms with Crippen molar-refractivity contribution in [3.63, 3.8) is 0 Å². The predicted molar refractivity (Wildman–Crippen MR) is 114 cm³/mol. The first-order valence-electron chi connectivity index (χ1n) is 10.3. The molecule has 0 spiro atoms. The molecule has 0 saturated carbocycles. The van der Waals surface area contributed by atoms with Crippen molar-refractivity contribution in [1.29, 1.82) is 0 Å². The van der Waals surface area contributed by atoms with Gasteiger partial charge in [0.2, 0.25) is 15.8 Å². The molecule has 0 radical (unpaired) electrons. The van der Waals surface area contributed by atoms with Crippen LogP contribution in [-0.4, -0.2) is 43.7 Å². The SMILES string of the molecule is Cc1ccc(C(=O)C(C)OC(=O)C2CCN(S(=O)(=O)c3ccc(F)c(F)c3)CC2)cc1C. The number of nitrogens with zero attached hydrogens (tertiary/aromatic N) is 1. The molecule has 1 heterocycles. The fraction of sp³-hybridized carbons (Fsp3) is 0.391. The molecule has 6 nitrogen and oxygen atoms in total. The molecular formula is C23H25F2NO5S. The Balaban J connectivity index is 1.59. The van der Waals surface area contributed by atoms with E-state index in [1.54, 1.807) is 12.1 Å². The Morgan fingerprint density at radius 2 is 1.66 bits per heavy atom. The van der Waals surface area contributed by atoms with Gasteiger partial charge in [-0.2, -0.15) is 4.31 Å². The summed E-state index contributed by atoms with van der Waals surface area (Å²) in [5.41, 5.74) is 2.47. The number of ether oxygens (including phenoxy) is 1. The molecule has 1 atom stereocenters. The smallest absolute Gasteiger partial charge is 0.309 e. The molecule has 0 N–H and O–H groups in total. The number of sulfonamides is 1. The van der Waals surface area contributed by atoms with Crippen LogP contribution in [0, 0.1) is 31.4 Å². The lowest BCUT2D eigenvalue weighted by Gasteiger charge is -2.30. The lowest BCUT2D eigenvalue weighted by molar-refractivity contribution is -0.152. The van der Waals surface area contributed by atoms with Gasteiger partial charge in [-0.25, -0.2) is 17.2 Å². The van der Waals surface area contributed by atoms with Crippen LogP contribution in [0.25, 0.3) is 0 Å². The lowest BCUT2D eigenvalue weighted by atomic mass is 9.98. The molecule has 32 heavy (non-hydrogen) atoms. The quantitative estimate of drug-likeness (QED) is 0.479. The van der Waals surface area contributed by atoms with E-state index in [0.29, 0.717) is 11.6 Å². The van der Waals surface area contributed by atoms with Gasteiger partial charge in [-0.15, -0.1) is 0 Å². The predicted octanol–water partition coefficient (Wildman–Crippen LogP) is 3.80. The molecule has 2 aromatic rings. The maximum absolute atomic E-state index is 13.4. The van der Waals surface area contributed by atoms with Crippen molar-refractivity contribution in [3.8, 4) is 0 Å². The first kappa shape index (κ1) is 24.0.